The summed E-state index contributed by atoms with van der Waals surface area (Å²) in [6.07, 6.45) is 4.25. The van der Waals surface area contributed by atoms with Gasteiger partial charge in [0.15, 0.2) is 5.78 Å². The molecule has 0 aliphatic heterocycles. The largest absolute Gasteiger partial charge is 0.297 e. The fourth-order valence-electron chi connectivity index (χ4n) is 0.959. The number of carbonyl (C=O) groups is 2. The van der Waals surface area contributed by atoms with Gasteiger partial charge < -0.3 is 0 Å². The Labute approximate surface area is 97.6 Å². The fourth-order valence-corrected chi connectivity index (χ4v) is 1.80. The first-order valence-electron chi connectivity index (χ1n) is 4.94. The summed E-state index contributed by atoms with van der Waals surface area (Å²) in [5, 5.41) is 11.6. The van der Waals surface area contributed by atoms with E-state index in [1.807, 2.05) is 0 Å². The third-order valence-electron chi connectivity index (χ3n) is 1.63. The molecule has 0 radical (unpaired) electrons. The predicted molar refractivity (Wildman–Crippen MR) is 62.4 cm³/mol. The van der Waals surface area contributed by atoms with E-state index in [9.17, 15) is 9.59 Å². The molecule has 1 aromatic rings. The minimum Gasteiger partial charge on any atom is -0.297 e. The molecule has 0 saturated carbocycles. The predicted octanol–water partition coefficient (Wildman–Crippen LogP) is 1.57. The van der Waals surface area contributed by atoms with E-state index in [4.69, 9.17) is 0 Å². The molecule has 0 saturated heterocycles. The van der Waals surface area contributed by atoms with Gasteiger partial charge in [-0.1, -0.05) is 18.3 Å². The Balaban J connectivity index is 2.52. The topological polar surface area (TPSA) is 72.0 Å². The van der Waals surface area contributed by atoms with Crippen LogP contribution < -0.4 is 5.32 Å². The molecule has 86 valence electrons. The van der Waals surface area contributed by atoms with Gasteiger partial charge in [-0.15, -0.1) is 10.2 Å². The molecule has 1 N–H and O–H groups in total. The first-order valence-corrected chi connectivity index (χ1v) is 5.75. The van der Waals surface area contributed by atoms with Gasteiger partial charge in [-0.3, -0.25) is 14.9 Å². The molecule has 0 atom stereocenters. The van der Waals surface area contributed by atoms with Crippen molar-refractivity contribution in [2.24, 2.45) is 0 Å². The van der Waals surface area contributed by atoms with E-state index in [-0.39, 0.29) is 11.7 Å². The van der Waals surface area contributed by atoms with Crippen molar-refractivity contribution in [3.8, 4) is 0 Å². The molecule has 1 amide bonds. The van der Waals surface area contributed by atoms with Crippen LogP contribution >= 0.6 is 11.3 Å². The monoisotopic (exact) mass is 239 g/mol. The Morgan fingerprint density at radius 2 is 2.12 bits per heavy atom. The number of anilines is 1. The van der Waals surface area contributed by atoms with Gasteiger partial charge in [0, 0.05) is 12.5 Å². The van der Waals surface area contributed by atoms with E-state index in [1.54, 1.807) is 0 Å². The van der Waals surface area contributed by atoms with Crippen molar-refractivity contribution in [1.82, 2.24) is 10.2 Å². The van der Waals surface area contributed by atoms with Gasteiger partial charge in [-0.25, -0.2) is 0 Å². The van der Waals surface area contributed by atoms with Gasteiger partial charge in [0.1, 0.15) is 5.01 Å². The lowest BCUT2D eigenvalue weighted by molar-refractivity contribution is -0.114. The lowest BCUT2D eigenvalue weighted by atomic mass is 10.4. The number of carbonyl (C=O) groups excluding carboxylic acids is 2. The number of allylic oxidation sites excluding steroid dienone is 1. The Bertz CT molecular complexity index is 412. The first-order chi connectivity index (χ1) is 7.61. The smallest absolute Gasteiger partial charge is 0.250 e. The molecule has 6 heteroatoms. The van der Waals surface area contributed by atoms with E-state index in [0.717, 1.165) is 17.8 Å². The Hall–Kier alpha value is -1.56. The second kappa shape index (κ2) is 6.12. The number of amides is 1. The molecule has 1 heterocycles. The molecule has 0 bridgehead atoms. The zero-order valence-corrected chi connectivity index (χ0v) is 10.0. The summed E-state index contributed by atoms with van der Waals surface area (Å²) in [5.41, 5.74) is 0. The number of aryl methyl sites for hydroxylation is 1. The van der Waals surface area contributed by atoms with Crippen molar-refractivity contribution in [2.75, 3.05) is 5.32 Å². The van der Waals surface area contributed by atoms with E-state index < -0.39 is 0 Å². The standard InChI is InChI=1S/C10H13N3O2S/c1-3-4-9-12-13-10(16-9)11-8(15)6-5-7(2)14/h5-6H,3-4H2,1-2H3,(H,11,13,15)/b6-5+. The van der Waals surface area contributed by atoms with E-state index >= 15 is 0 Å². The molecule has 0 unspecified atom stereocenters. The fraction of sp³-hybridized carbons (Fsp3) is 0.400. The minimum atomic E-state index is -0.366. The van der Waals surface area contributed by atoms with Crippen LogP contribution in [0.5, 0.6) is 0 Å². The van der Waals surface area contributed by atoms with Crippen molar-refractivity contribution in [3.63, 3.8) is 0 Å². The van der Waals surface area contributed by atoms with E-state index in [1.165, 1.54) is 30.4 Å². The summed E-state index contributed by atoms with van der Waals surface area (Å²) in [6, 6.07) is 0. The third kappa shape index (κ3) is 4.31. The van der Waals surface area contributed by atoms with E-state index in [0.29, 0.717) is 5.13 Å². The molecule has 1 aromatic heterocycles. The van der Waals surface area contributed by atoms with Gasteiger partial charge >= 0.3 is 0 Å². The van der Waals surface area contributed by atoms with Crippen LogP contribution in [0.1, 0.15) is 25.3 Å². The maximum Gasteiger partial charge on any atom is 0.250 e. The Morgan fingerprint density at radius 1 is 1.38 bits per heavy atom. The average molecular weight is 239 g/mol. The summed E-state index contributed by atoms with van der Waals surface area (Å²) in [4.78, 5) is 21.9. The third-order valence-corrected chi connectivity index (χ3v) is 2.53. The van der Waals surface area contributed by atoms with Crippen molar-refractivity contribution < 1.29 is 9.59 Å². The number of nitrogens with one attached hydrogen (secondary N) is 1. The van der Waals surface area contributed by atoms with Crippen molar-refractivity contribution in [1.29, 1.82) is 0 Å². The van der Waals surface area contributed by atoms with Crippen LogP contribution in [0.15, 0.2) is 12.2 Å². The normalized spacial score (nSPS) is 10.6. The summed E-state index contributed by atoms with van der Waals surface area (Å²) < 4.78 is 0. The molecule has 0 aliphatic carbocycles. The molecule has 16 heavy (non-hydrogen) atoms. The van der Waals surface area contributed by atoms with Crippen LogP contribution in [-0.2, 0) is 16.0 Å². The molecule has 0 spiro atoms. The maximum absolute atomic E-state index is 11.3. The van der Waals surface area contributed by atoms with Crippen molar-refractivity contribution >= 4 is 28.2 Å². The summed E-state index contributed by atoms with van der Waals surface area (Å²) in [6.45, 7) is 3.43. The summed E-state index contributed by atoms with van der Waals surface area (Å²) in [5.74, 6) is -0.534. The van der Waals surface area contributed by atoms with Crippen LogP contribution in [0.3, 0.4) is 0 Å². The number of nitrogens with zero attached hydrogens (tertiary/aromatic N) is 2. The zero-order chi connectivity index (χ0) is 12.0. The van der Waals surface area contributed by atoms with Gasteiger partial charge in [0.2, 0.25) is 11.0 Å². The van der Waals surface area contributed by atoms with Crippen LogP contribution in [-0.4, -0.2) is 21.9 Å². The summed E-state index contributed by atoms with van der Waals surface area (Å²) in [7, 11) is 0. The average Bonchev–Trinajstić information content (AvgIpc) is 2.63. The second-order valence-corrected chi connectivity index (χ2v) is 4.25. The Kier molecular flexibility index (Phi) is 4.78. The lowest BCUT2D eigenvalue weighted by Gasteiger charge is -1.93. The molecule has 0 aromatic carbocycles. The number of rotatable bonds is 5. The molecular formula is C10H13N3O2S. The van der Waals surface area contributed by atoms with Gasteiger partial charge in [0.25, 0.3) is 0 Å². The number of hydrogen-bond acceptors (Lipinski definition) is 5. The highest BCUT2D eigenvalue weighted by molar-refractivity contribution is 7.15. The molecular weight excluding hydrogens is 226 g/mol. The number of ketones is 1. The van der Waals surface area contributed by atoms with Crippen LogP contribution in [0.4, 0.5) is 5.13 Å². The SMILES string of the molecule is CCCc1nnc(NC(=O)/C=C/C(C)=O)s1. The van der Waals surface area contributed by atoms with E-state index in [2.05, 4.69) is 22.4 Å². The van der Waals surface area contributed by atoms with Crippen molar-refractivity contribution in [2.45, 2.75) is 26.7 Å². The minimum absolute atomic E-state index is 0.168. The quantitative estimate of drug-likeness (QED) is 0.792. The maximum atomic E-state index is 11.3. The zero-order valence-electron chi connectivity index (χ0n) is 9.19. The van der Waals surface area contributed by atoms with Crippen molar-refractivity contribution in [3.05, 3.63) is 17.2 Å². The lowest BCUT2D eigenvalue weighted by Crippen LogP contribution is -2.07. The van der Waals surface area contributed by atoms with Gasteiger partial charge in [-0.05, 0) is 19.4 Å². The number of aromatic nitrogens is 2. The highest BCUT2D eigenvalue weighted by Gasteiger charge is 2.05. The van der Waals surface area contributed by atoms with Crippen LogP contribution in [0.25, 0.3) is 0 Å². The molecule has 0 aliphatic rings. The first kappa shape index (κ1) is 12.5. The molecule has 1 rings (SSSR count). The molecule has 5 nitrogen and oxygen atoms in total. The van der Waals surface area contributed by atoms with Crippen LogP contribution in [0.2, 0.25) is 0 Å². The summed E-state index contributed by atoms with van der Waals surface area (Å²) >= 11 is 1.35. The number of hydrogen-bond donors (Lipinski definition) is 1. The highest BCUT2D eigenvalue weighted by atomic mass is 32.1. The van der Waals surface area contributed by atoms with Gasteiger partial charge in [0.05, 0.1) is 0 Å². The Morgan fingerprint density at radius 3 is 2.75 bits per heavy atom. The molecule has 0 fully saturated rings. The van der Waals surface area contributed by atoms with Crippen LogP contribution in [0, 0.1) is 0 Å². The highest BCUT2D eigenvalue weighted by Crippen LogP contribution is 2.16. The van der Waals surface area contributed by atoms with Gasteiger partial charge in [-0.2, -0.15) is 0 Å². The second-order valence-electron chi connectivity index (χ2n) is 3.18.